The second-order valence-corrected chi connectivity index (χ2v) is 3.98. The first kappa shape index (κ1) is 12.1. The van der Waals surface area contributed by atoms with Crippen LogP contribution in [0.3, 0.4) is 0 Å². The number of carbonyl (C=O) groups is 2. The second kappa shape index (κ2) is 4.87. The molecule has 1 aromatic carbocycles. The Morgan fingerprint density at radius 2 is 2.11 bits per heavy atom. The molecule has 0 fully saturated rings. The number of imidazole rings is 1. The maximum atomic E-state index is 11.1. The molecule has 0 saturated heterocycles. The summed E-state index contributed by atoms with van der Waals surface area (Å²) in [5.41, 5.74) is 6.83. The number of para-hydroxylation sites is 2. The van der Waals surface area contributed by atoms with Crippen LogP contribution in [0.5, 0.6) is 0 Å². The van der Waals surface area contributed by atoms with Gasteiger partial charge in [0.25, 0.3) is 0 Å². The topological polar surface area (TPSA) is 90.0 Å². The molecule has 0 bridgehead atoms. The predicted molar refractivity (Wildman–Crippen MR) is 66.4 cm³/mol. The minimum atomic E-state index is -0.442. The molecular weight excluding hydrogens is 232 g/mol. The van der Waals surface area contributed by atoms with Gasteiger partial charge in [-0.25, -0.2) is 4.98 Å². The summed E-state index contributed by atoms with van der Waals surface area (Å²) >= 11 is 0. The first-order valence-electron chi connectivity index (χ1n) is 5.55. The van der Waals surface area contributed by atoms with E-state index in [-0.39, 0.29) is 19.0 Å². The third-order valence-electron chi connectivity index (χ3n) is 2.54. The third kappa shape index (κ3) is 2.48. The van der Waals surface area contributed by atoms with Crippen molar-refractivity contribution >= 4 is 22.8 Å². The fraction of sp³-hybridized carbons (Fsp3) is 0.250. The Balaban J connectivity index is 2.42. The van der Waals surface area contributed by atoms with E-state index in [2.05, 4.69) is 10.3 Å². The number of carbonyl (C=O) groups excluding carboxylic acids is 2. The smallest absolute Gasteiger partial charge is 0.237 e. The van der Waals surface area contributed by atoms with Crippen molar-refractivity contribution in [3.63, 3.8) is 0 Å². The highest BCUT2D eigenvalue weighted by atomic mass is 16.1. The Hall–Kier alpha value is -2.37. The van der Waals surface area contributed by atoms with Crippen molar-refractivity contribution in [2.24, 2.45) is 5.73 Å². The lowest BCUT2D eigenvalue weighted by atomic mass is 10.3. The molecule has 2 amide bonds. The van der Waals surface area contributed by atoms with Gasteiger partial charge in [0.2, 0.25) is 11.8 Å². The monoisotopic (exact) mass is 246 g/mol. The number of nitrogens with one attached hydrogen (secondary N) is 1. The van der Waals surface area contributed by atoms with E-state index in [4.69, 9.17) is 5.73 Å². The minimum absolute atomic E-state index is 0.0510. The van der Waals surface area contributed by atoms with Gasteiger partial charge in [0.15, 0.2) is 0 Å². The average molecular weight is 246 g/mol. The van der Waals surface area contributed by atoms with Gasteiger partial charge in [-0.2, -0.15) is 0 Å². The Morgan fingerprint density at radius 1 is 1.39 bits per heavy atom. The number of hydrogen-bond acceptors (Lipinski definition) is 3. The molecule has 18 heavy (non-hydrogen) atoms. The molecule has 6 nitrogen and oxygen atoms in total. The highest BCUT2D eigenvalue weighted by Gasteiger charge is 2.11. The highest BCUT2D eigenvalue weighted by Crippen LogP contribution is 2.15. The van der Waals surface area contributed by atoms with Gasteiger partial charge >= 0.3 is 0 Å². The number of fused-ring (bicyclic) bond motifs is 1. The maximum absolute atomic E-state index is 11.1. The molecule has 3 N–H and O–H groups in total. The predicted octanol–water partition coefficient (Wildman–Crippen LogP) is 0.158. The largest absolute Gasteiger partial charge is 0.368 e. The molecule has 6 heteroatoms. The van der Waals surface area contributed by atoms with E-state index in [1.807, 2.05) is 24.3 Å². The Morgan fingerprint density at radius 3 is 2.78 bits per heavy atom. The fourth-order valence-corrected chi connectivity index (χ4v) is 1.80. The van der Waals surface area contributed by atoms with Gasteiger partial charge in [-0.3, -0.25) is 9.59 Å². The lowest BCUT2D eigenvalue weighted by molar-refractivity contribution is -0.119. The van der Waals surface area contributed by atoms with Gasteiger partial charge < -0.3 is 15.6 Å². The summed E-state index contributed by atoms with van der Waals surface area (Å²) in [4.78, 5) is 26.4. The van der Waals surface area contributed by atoms with Gasteiger partial charge in [0.1, 0.15) is 12.4 Å². The molecule has 0 atom stereocenters. The summed E-state index contributed by atoms with van der Waals surface area (Å²) in [5.74, 6) is 0.0279. The van der Waals surface area contributed by atoms with E-state index >= 15 is 0 Å². The Labute approximate surface area is 104 Å². The zero-order valence-electron chi connectivity index (χ0n) is 10.0. The number of amides is 2. The molecule has 0 unspecified atom stereocenters. The van der Waals surface area contributed by atoms with Gasteiger partial charge in [-0.1, -0.05) is 12.1 Å². The normalized spacial score (nSPS) is 10.5. The van der Waals surface area contributed by atoms with Crippen molar-refractivity contribution in [1.29, 1.82) is 0 Å². The SMILES string of the molecule is CC(=O)NCc1nc2ccccc2n1CC(N)=O. The number of rotatable bonds is 4. The number of hydrogen-bond donors (Lipinski definition) is 2. The summed E-state index contributed by atoms with van der Waals surface area (Å²) in [6.45, 7) is 1.76. The zero-order valence-corrected chi connectivity index (χ0v) is 10.0. The Bertz CT molecular complexity index is 603. The number of primary amides is 1. The van der Waals surface area contributed by atoms with Crippen LogP contribution in [0.15, 0.2) is 24.3 Å². The van der Waals surface area contributed by atoms with Crippen molar-refractivity contribution in [2.45, 2.75) is 20.0 Å². The molecule has 0 saturated carbocycles. The van der Waals surface area contributed by atoms with Crippen molar-refractivity contribution in [3.8, 4) is 0 Å². The lowest BCUT2D eigenvalue weighted by Gasteiger charge is -2.06. The van der Waals surface area contributed by atoms with E-state index in [1.165, 1.54) is 6.92 Å². The van der Waals surface area contributed by atoms with Crippen LogP contribution in [-0.4, -0.2) is 21.4 Å². The van der Waals surface area contributed by atoms with Crippen LogP contribution in [0.25, 0.3) is 11.0 Å². The van der Waals surface area contributed by atoms with E-state index in [0.717, 1.165) is 11.0 Å². The van der Waals surface area contributed by atoms with Crippen LogP contribution >= 0.6 is 0 Å². The van der Waals surface area contributed by atoms with E-state index in [9.17, 15) is 9.59 Å². The average Bonchev–Trinajstić information content (AvgIpc) is 2.64. The van der Waals surface area contributed by atoms with Crippen LogP contribution in [0.1, 0.15) is 12.7 Å². The van der Waals surface area contributed by atoms with Gasteiger partial charge in [-0.05, 0) is 12.1 Å². The third-order valence-corrected chi connectivity index (χ3v) is 2.54. The quantitative estimate of drug-likeness (QED) is 0.805. The molecule has 0 aliphatic carbocycles. The molecule has 0 aliphatic heterocycles. The molecule has 0 aliphatic rings. The summed E-state index contributed by atoms with van der Waals surface area (Å²) in [6, 6.07) is 7.45. The minimum Gasteiger partial charge on any atom is -0.368 e. The van der Waals surface area contributed by atoms with Gasteiger partial charge in [0, 0.05) is 6.92 Å². The number of aromatic nitrogens is 2. The maximum Gasteiger partial charge on any atom is 0.237 e. The molecule has 0 radical (unpaired) electrons. The molecule has 1 heterocycles. The molecule has 2 aromatic rings. The zero-order chi connectivity index (χ0) is 13.1. The lowest BCUT2D eigenvalue weighted by Crippen LogP contribution is -2.25. The van der Waals surface area contributed by atoms with Crippen LogP contribution in [0, 0.1) is 0 Å². The second-order valence-electron chi connectivity index (χ2n) is 3.98. The summed E-state index contributed by atoms with van der Waals surface area (Å²) in [6.07, 6.45) is 0. The van der Waals surface area contributed by atoms with Gasteiger partial charge in [-0.15, -0.1) is 0 Å². The molecule has 2 rings (SSSR count). The number of nitrogens with two attached hydrogens (primary N) is 1. The number of benzene rings is 1. The number of nitrogens with zero attached hydrogens (tertiary/aromatic N) is 2. The first-order chi connectivity index (χ1) is 8.58. The van der Waals surface area contributed by atoms with Crippen molar-refractivity contribution in [2.75, 3.05) is 0 Å². The molecule has 1 aromatic heterocycles. The summed E-state index contributed by atoms with van der Waals surface area (Å²) < 4.78 is 1.72. The van der Waals surface area contributed by atoms with E-state index in [0.29, 0.717) is 5.82 Å². The van der Waals surface area contributed by atoms with Gasteiger partial charge in [0.05, 0.1) is 17.6 Å². The molecular formula is C12H14N4O2. The van der Waals surface area contributed by atoms with Crippen molar-refractivity contribution < 1.29 is 9.59 Å². The van der Waals surface area contributed by atoms with Crippen molar-refractivity contribution in [3.05, 3.63) is 30.1 Å². The highest BCUT2D eigenvalue weighted by molar-refractivity contribution is 5.80. The fourth-order valence-electron chi connectivity index (χ4n) is 1.80. The van der Waals surface area contributed by atoms with Crippen LogP contribution in [0.4, 0.5) is 0 Å². The Kier molecular flexibility index (Phi) is 3.27. The molecule has 0 spiro atoms. The summed E-state index contributed by atoms with van der Waals surface area (Å²) in [7, 11) is 0. The van der Waals surface area contributed by atoms with Crippen molar-refractivity contribution in [1.82, 2.24) is 14.9 Å². The van der Waals surface area contributed by atoms with Crippen LogP contribution < -0.4 is 11.1 Å². The summed E-state index contributed by atoms with van der Waals surface area (Å²) in [5, 5.41) is 2.66. The first-order valence-corrected chi connectivity index (χ1v) is 5.55. The molecule has 94 valence electrons. The van der Waals surface area contributed by atoms with Crippen LogP contribution in [-0.2, 0) is 22.7 Å². The van der Waals surface area contributed by atoms with E-state index in [1.54, 1.807) is 4.57 Å². The van der Waals surface area contributed by atoms with E-state index < -0.39 is 5.91 Å². The van der Waals surface area contributed by atoms with Crippen LogP contribution in [0.2, 0.25) is 0 Å². The standard InChI is InChI=1S/C12H14N4O2/c1-8(17)14-6-12-15-9-4-2-3-5-10(9)16(12)7-11(13)18/h2-5H,6-7H2,1H3,(H2,13,18)(H,14,17).